The lowest BCUT2D eigenvalue weighted by Gasteiger charge is -2.34. The first-order valence-corrected chi connectivity index (χ1v) is 12.0. The van der Waals surface area contributed by atoms with E-state index in [2.05, 4.69) is 15.0 Å². The van der Waals surface area contributed by atoms with Crippen LogP contribution in [0.4, 0.5) is 27.6 Å². The number of nitrogens with zero attached hydrogens (tertiary/aromatic N) is 2. The Labute approximate surface area is 218 Å². The van der Waals surface area contributed by atoms with Gasteiger partial charge in [-0.25, -0.2) is 18.4 Å². The van der Waals surface area contributed by atoms with E-state index >= 15 is 0 Å². The Kier molecular flexibility index (Phi) is 8.23. The van der Waals surface area contributed by atoms with Gasteiger partial charge in [-0.15, -0.1) is 0 Å². The van der Waals surface area contributed by atoms with Crippen molar-refractivity contribution in [2.45, 2.75) is 38.1 Å². The topological polar surface area (TPSA) is 106 Å². The van der Waals surface area contributed by atoms with Crippen molar-refractivity contribution >= 4 is 28.6 Å². The molecule has 210 valence electrons. The van der Waals surface area contributed by atoms with Crippen molar-refractivity contribution in [3.05, 3.63) is 58.5 Å². The molecule has 1 aliphatic rings. The lowest BCUT2D eigenvalue weighted by Crippen LogP contribution is -2.44. The molecule has 0 aliphatic carbocycles. The number of piperidine rings is 1. The highest BCUT2D eigenvalue weighted by atomic mass is 19.4. The number of H-pyrrole nitrogens is 1. The summed E-state index contributed by atoms with van der Waals surface area (Å²) in [6.45, 7) is 1.23. The number of carbonyl (C=O) groups is 2. The SMILES string of the molecule is CC(=O)Nc1ccc(F)cc1OC[C@H](CN1CCC(n2c(=O)[nH]c3cc(F)ccc32)CC1)OC(=O)C(F)(F)F. The Hall–Kier alpha value is -3.94. The number of fused-ring (bicyclic) bond motifs is 1. The Bertz CT molecular complexity index is 1410. The molecule has 0 bridgehead atoms. The lowest BCUT2D eigenvalue weighted by atomic mass is 10.0. The van der Waals surface area contributed by atoms with Crippen molar-refractivity contribution in [3.63, 3.8) is 0 Å². The zero-order chi connectivity index (χ0) is 28.3. The number of alkyl halides is 3. The van der Waals surface area contributed by atoms with Gasteiger partial charge in [0.15, 0.2) is 0 Å². The van der Waals surface area contributed by atoms with E-state index in [1.165, 1.54) is 35.8 Å². The van der Waals surface area contributed by atoms with E-state index < -0.39 is 48.1 Å². The standard InChI is InChI=1S/C25H25F5N4O5/c1-14(35)31-19-4-2-16(27)11-22(19)38-13-18(39-23(36)25(28,29)30)12-33-8-6-17(7-9-33)34-21-5-3-15(26)10-20(21)32-24(34)37/h2-5,10-11,17-18H,6-9,12-13H2,1H3,(H,31,35)(H,32,37)/t18-/m0/s1. The van der Waals surface area contributed by atoms with Gasteiger partial charge in [0.05, 0.1) is 16.7 Å². The van der Waals surface area contributed by atoms with Gasteiger partial charge in [0.1, 0.15) is 30.1 Å². The maximum Gasteiger partial charge on any atom is 0.490 e. The summed E-state index contributed by atoms with van der Waals surface area (Å²) in [5, 5.41) is 2.43. The molecule has 14 heteroatoms. The van der Waals surface area contributed by atoms with E-state index in [1.807, 2.05) is 0 Å². The summed E-state index contributed by atoms with van der Waals surface area (Å²) in [5.41, 5.74) is 0.587. The van der Waals surface area contributed by atoms with Crippen LogP contribution in [0, 0.1) is 11.6 Å². The minimum Gasteiger partial charge on any atom is -0.487 e. The number of benzene rings is 2. The number of ether oxygens (including phenoxy) is 2. The second-order valence-corrected chi connectivity index (χ2v) is 9.15. The maximum atomic E-state index is 13.8. The highest BCUT2D eigenvalue weighted by Gasteiger charge is 2.42. The molecule has 1 amide bonds. The van der Waals surface area contributed by atoms with Crippen LogP contribution in [-0.2, 0) is 14.3 Å². The second kappa shape index (κ2) is 11.4. The van der Waals surface area contributed by atoms with Gasteiger partial charge < -0.3 is 19.8 Å². The van der Waals surface area contributed by atoms with E-state index in [4.69, 9.17) is 4.74 Å². The molecule has 1 saturated heterocycles. The predicted molar refractivity (Wildman–Crippen MR) is 129 cm³/mol. The Morgan fingerprint density at radius 2 is 1.77 bits per heavy atom. The molecular formula is C25H25F5N4O5. The number of amides is 1. The first-order valence-electron chi connectivity index (χ1n) is 12.0. The number of anilines is 1. The van der Waals surface area contributed by atoms with Crippen molar-refractivity contribution in [2.24, 2.45) is 0 Å². The Balaban J connectivity index is 1.45. The van der Waals surface area contributed by atoms with E-state index in [0.29, 0.717) is 37.0 Å². The highest BCUT2D eigenvalue weighted by molar-refractivity contribution is 5.90. The van der Waals surface area contributed by atoms with Gasteiger partial charge in [0.25, 0.3) is 0 Å². The van der Waals surface area contributed by atoms with Crippen molar-refractivity contribution in [3.8, 4) is 5.75 Å². The summed E-state index contributed by atoms with van der Waals surface area (Å²) in [6.07, 6.45) is -5.73. The largest absolute Gasteiger partial charge is 0.490 e. The molecule has 0 unspecified atom stereocenters. The fourth-order valence-electron chi connectivity index (χ4n) is 4.55. The first-order chi connectivity index (χ1) is 18.4. The molecule has 2 aromatic carbocycles. The van der Waals surface area contributed by atoms with Crippen molar-refractivity contribution < 1.29 is 41.0 Å². The summed E-state index contributed by atoms with van der Waals surface area (Å²) in [7, 11) is 0. The Morgan fingerprint density at radius 1 is 1.10 bits per heavy atom. The molecule has 1 atom stereocenters. The zero-order valence-corrected chi connectivity index (χ0v) is 20.7. The number of likely N-dealkylation sites (tertiary alicyclic amines) is 1. The zero-order valence-electron chi connectivity index (χ0n) is 20.7. The number of hydrogen-bond acceptors (Lipinski definition) is 6. The van der Waals surface area contributed by atoms with Crippen LogP contribution < -0.4 is 15.7 Å². The van der Waals surface area contributed by atoms with Gasteiger partial charge in [-0.05, 0) is 43.2 Å². The van der Waals surface area contributed by atoms with E-state index in [0.717, 1.165) is 12.1 Å². The third-order valence-corrected chi connectivity index (χ3v) is 6.25. The van der Waals surface area contributed by atoms with Crippen LogP contribution in [0.15, 0.2) is 41.2 Å². The third-order valence-electron chi connectivity index (χ3n) is 6.25. The third kappa shape index (κ3) is 6.93. The minimum atomic E-state index is -5.23. The number of esters is 1. The number of nitrogens with one attached hydrogen (secondary N) is 2. The number of aromatic nitrogens is 2. The highest BCUT2D eigenvalue weighted by Crippen LogP contribution is 2.28. The summed E-state index contributed by atoms with van der Waals surface area (Å²) in [4.78, 5) is 39.9. The van der Waals surface area contributed by atoms with Crippen LogP contribution in [0.1, 0.15) is 25.8 Å². The van der Waals surface area contributed by atoms with Gasteiger partial charge in [0, 0.05) is 38.7 Å². The smallest absolute Gasteiger partial charge is 0.487 e. The number of rotatable bonds is 8. The summed E-state index contributed by atoms with van der Waals surface area (Å²) >= 11 is 0. The van der Waals surface area contributed by atoms with E-state index in [-0.39, 0.29) is 24.0 Å². The average Bonchev–Trinajstić information content (AvgIpc) is 3.18. The quantitative estimate of drug-likeness (QED) is 0.324. The maximum absolute atomic E-state index is 13.8. The molecule has 1 aromatic heterocycles. The Morgan fingerprint density at radius 3 is 2.44 bits per heavy atom. The van der Waals surface area contributed by atoms with Gasteiger partial charge >= 0.3 is 17.8 Å². The first kappa shape index (κ1) is 28.1. The lowest BCUT2D eigenvalue weighted by molar-refractivity contribution is -0.206. The molecule has 4 rings (SSSR count). The van der Waals surface area contributed by atoms with Gasteiger partial charge in [0.2, 0.25) is 5.91 Å². The van der Waals surface area contributed by atoms with Gasteiger partial charge in [-0.1, -0.05) is 0 Å². The molecule has 0 spiro atoms. The van der Waals surface area contributed by atoms with Crippen LogP contribution in [0.3, 0.4) is 0 Å². The molecule has 0 saturated carbocycles. The van der Waals surface area contributed by atoms with Crippen LogP contribution in [0.5, 0.6) is 5.75 Å². The van der Waals surface area contributed by atoms with Crippen LogP contribution >= 0.6 is 0 Å². The van der Waals surface area contributed by atoms with Crippen molar-refractivity contribution in [2.75, 3.05) is 31.6 Å². The summed E-state index contributed by atoms with van der Waals surface area (Å²) in [6, 6.07) is 6.97. The van der Waals surface area contributed by atoms with Crippen LogP contribution in [0.2, 0.25) is 0 Å². The summed E-state index contributed by atoms with van der Waals surface area (Å²) < 4.78 is 77.8. The monoisotopic (exact) mass is 556 g/mol. The molecule has 1 aliphatic heterocycles. The molecule has 9 nitrogen and oxygen atoms in total. The molecule has 0 radical (unpaired) electrons. The average molecular weight is 556 g/mol. The van der Waals surface area contributed by atoms with Crippen LogP contribution in [-0.4, -0.2) is 64.8 Å². The molecule has 3 aromatic rings. The van der Waals surface area contributed by atoms with E-state index in [9.17, 15) is 36.3 Å². The fraction of sp³-hybridized carbons (Fsp3) is 0.400. The number of halogens is 5. The normalized spacial score (nSPS) is 15.7. The van der Waals surface area contributed by atoms with Gasteiger partial charge in [-0.2, -0.15) is 13.2 Å². The van der Waals surface area contributed by atoms with E-state index in [1.54, 1.807) is 4.90 Å². The number of carbonyl (C=O) groups excluding carboxylic acids is 2. The fourth-order valence-corrected chi connectivity index (χ4v) is 4.55. The van der Waals surface area contributed by atoms with Crippen molar-refractivity contribution in [1.82, 2.24) is 14.5 Å². The number of aromatic amines is 1. The van der Waals surface area contributed by atoms with Gasteiger partial charge in [-0.3, -0.25) is 14.3 Å². The van der Waals surface area contributed by atoms with Crippen molar-refractivity contribution in [1.29, 1.82) is 0 Å². The molecule has 2 N–H and O–H groups in total. The number of hydrogen-bond donors (Lipinski definition) is 2. The summed E-state index contributed by atoms with van der Waals surface area (Å²) in [5.74, 6) is -4.22. The minimum absolute atomic E-state index is 0.0923. The second-order valence-electron chi connectivity index (χ2n) is 9.15. The molecule has 2 heterocycles. The predicted octanol–water partition coefficient (Wildman–Crippen LogP) is 3.76. The molecule has 1 fully saturated rings. The molecular weight excluding hydrogens is 531 g/mol. The molecule has 39 heavy (non-hydrogen) atoms. The van der Waals surface area contributed by atoms with Crippen LogP contribution in [0.25, 0.3) is 11.0 Å². The number of imidazole rings is 1.